The molecule has 2 amide bonds. The molecule has 11 heteroatoms. The average Bonchev–Trinajstić information content (AvgIpc) is 3.25. The van der Waals surface area contributed by atoms with Gasteiger partial charge in [-0.05, 0) is 43.3 Å². The second kappa shape index (κ2) is 11.9. The third kappa shape index (κ3) is 6.54. The van der Waals surface area contributed by atoms with Crippen molar-refractivity contribution in [1.29, 1.82) is 0 Å². The molecule has 2 N–H and O–H groups in total. The minimum Gasteiger partial charge on any atom is -0.465 e. The third-order valence-electron chi connectivity index (χ3n) is 4.83. The Balaban J connectivity index is 1.64. The number of hydrogen-bond donors (Lipinski definition) is 2. The van der Waals surface area contributed by atoms with E-state index in [4.69, 9.17) is 0 Å². The number of amides is 2. The van der Waals surface area contributed by atoms with E-state index in [1.807, 2.05) is 0 Å². The summed E-state index contributed by atoms with van der Waals surface area (Å²) in [6, 6.07) is 11.4. The zero-order valence-corrected chi connectivity index (χ0v) is 20.0. The first-order chi connectivity index (χ1) is 16.8. The molecule has 1 aromatic heterocycles. The lowest BCUT2D eigenvalue weighted by molar-refractivity contribution is -0.113. The van der Waals surface area contributed by atoms with Crippen molar-refractivity contribution in [3.63, 3.8) is 0 Å². The van der Waals surface area contributed by atoms with E-state index in [0.717, 1.165) is 11.8 Å². The molecule has 1 heterocycles. The highest BCUT2D eigenvalue weighted by atomic mass is 32.2. The lowest BCUT2D eigenvalue weighted by Crippen LogP contribution is -2.29. The third-order valence-corrected chi connectivity index (χ3v) is 5.80. The molecule has 0 saturated heterocycles. The molecule has 182 valence electrons. The molecule has 3 rings (SSSR count). The van der Waals surface area contributed by atoms with Crippen LogP contribution in [0.3, 0.4) is 0 Å². The zero-order valence-electron chi connectivity index (χ0n) is 19.2. The lowest BCUT2D eigenvalue weighted by Gasteiger charge is -2.15. The van der Waals surface area contributed by atoms with Crippen LogP contribution in [0.4, 0.5) is 10.1 Å². The van der Waals surface area contributed by atoms with Crippen LogP contribution in [0.2, 0.25) is 0 Å². The first-order valence-electron chi connectivity index (χ1n) is 10.5. The Morgan fingerprint density at radius 2 is 1.89 bits per heavy atom. The topological polar surface area (TPSA) is 115 Å². The van der Waals surface area contributed by atoms with E-state index >= 15 is 0 Å². The fourth-order valence-corrected chi connectivity index (χ4v) is 3.90. The number of anilines is 1. The van der Waals surface area contributed by atoms with Crippen LogP contribution in [0, 0.1) is 5.82 Å². The van der Waals surface area contributed by atoms with E-state index in [2.05, 4.69) is 32.1 Å². The number of rotatable bonds is 10. The van der Waals surface area contributed by atoms with Gasteiger partial charge < -0.3 is 19.9 Å². The number of carbonyl (C=O) groups is 3. The highest BCUT2D eigenvalue weighted by molar-refractivity contribution is 7.99. The summed E-state index contributed by atoms with van der Waals surface area (Å²) in [4.78, 5) is 36.4. The van der Waals surface area contributed by atoms with Crippen molar-refractivity contribution < 1.29 is 23.5 Å². The Labute approximate surface area is 205 Å². The molecule has 35 heavy (non-hydrogen) atoms. The SMILES string of the molecule is C=CCn1c(SCC(=O)Nc2ccc(C(=O)OC)cc2)nnc1[C@@H](C)NC(=O)c1ccccc1F. The Kier molecular flexibility index (Phi) is 8.74. The summed E-state index contributed by atoms with van der Waals surface area (Å²) in [6.07, 6.45) is 1.64. The van der Waals surface area contributed by atoms with Crippen molar-refractivity contribution in [3.8, 4) is 0 Å². The second-order valence-electron chi connectivity index (χ2n) is 7.32. The van der Waals surface area contributed by atoms with Crippen molar-refractivity contribution in [2.75, 3.05) is 18.2 Å². The summed E-state index contributed by atoms with van der Waals surface area (Å²) < 4.78 is 20.3. The van der Waals surface area contributed by atoms with Crippen molar-refractivity contribution >= 4 is 35.2 Å². The molecule has 0 fully saturated rings. The van der Waals surface area contributed by atoms with E-state index < -0.39 is 23.7 Å². The monoisotopic (exact) mass is 497 g/mol. The van der Waals surface area contributed by atoms with Crippen molar-refractivity contribution in [3.05, 3.63) is 84.0 Å². The number of carbonyl (C=O) groups excluding carboxylic acids is 3. The van der Waals surface area contributed by atoms with Crippen molar-refractivity contribution in [2.45, 2.75) is 24.7 Å². The molecule has 0 aliphatic carbocycles. The maximum absolute atomic E-state index is 13.9. The first-order valence-corrected chi connectivity index (χ1v) is 11.5. The maximum Gasteiger partial charge on any atom is 0.337 e. The van der Waals surface area contributed by atoms with Crippen LogP contribution in [0.1, 0.15) is 39.5 Å². The zero-order chi connectivity index (χ0) is 25.4. The van der Waals surface area contributed by atoms with Gasteiger partial charge in [-0.15, -0.1) is 16.8 Å². The number of nitrogens with one attached hydrogen (secondary N) is 2. The van der Waals surface area contributed by atoms with Gasteiger partial charge in [-0.2, -0.15) is 0 Å². The molecule has 1 atom stereocenters. The smallest absolute Gasteiger partial charge is 0.337 e. The highest BCUT2D eigenvalue weighted by Crippen LogP contribution is 2.22. The fraction of sp³-hybridized carbons (Fsp3) is 0.208. The molecule has 3 aromatic rings. The van der Waals surface area contributed by atoms with Gasteiger partial charge >= 0.3 is 5.97 Å². The largest absolute Gasteiger partial charge is 0.465 e. The number of benzene rings is 2. The number of allylic oxidation sites excluding steroid dienone is 1. The number of halogens is 1. The van der Waals surface area contributed by atoms with E-state index in [1.165, 1.54) is 25.3 Å². The number of thioether (sulfide) groups is 1. The van der Waals surface area contributed by atoms with Gasteiger partial charge in [0.2, 0.25) is 5.91 Å². The molecule has 0 saturated carbocycles. The van der Waals surface area contributed by atoms with E-state index in [9.17, 15) is 18.8 Å². The molecule has 0 aliphatic rings. The summed E-state index contributed by atoms with van der Waals surface area (Å²) in [5, 5.41) is 14.2. The molecule has 0 radical (unpaired) electrons. The lowest BCUT2D eigenvalue weighted by atomic mass is 10.2. The minimum absolute atomic E-state index is 0.0456. The van der Waals surface area contributed by atoms with Crippen LogP contribution in [0.5, 0.6) is 0 Å². The second-order valence-corrected chi connectivity index (χ2v) is 8.26. The quantitative estimate of drug-likeness (QED) is 0.250. The summed E-state index contributed by atoms with van der Waals surface area (Å²) in [5.41, 5.74) is 0.835. The average molecular weight is 498 g/mol. The van der Waals surface area contributed by atoms with Gasteiger partial charge in [0.15, 0.2) is 11.0 Å². The number of hydrogen-bond acceptors (Lipinski definition) is 7. The van der Waals surface area contributed by atoms with Crippen molar-refractivity contribution in [1.82, 2.24) is 20.1 Å². The molecule has 2 aromatic carbocycles. The molecule has 0 aliphatic heterocycles. The first kappa shape index (κ1) is 25.6. The Bertz CT molecular complexity index is 1230. The summed E-state index contributed by atoms with van der Waals surface area (Å²) in [7, 11) is 1.30. The number of ether oxygens (including phenoxy) is 1. The van der Waals surface area contributed by atoms with Crippen molar-refractivity contribution in [2.24, 2.45) is 0 Å². The highest BCUT2D eigenvalue weighted by Gasteiger charge is 2.21. The maximum atomic E-state index is 13.9. The van der Waals surface area contributed by atoms with Gasteiger partial charge in [0.25, 0.3) is 5.91 Å². The number of nitrogens with zero attached hydrogens (tertiary/aromatic N) is 3. The molecule has 9 nitrogen and oxygen atoms in total. The summed E-state index contributed by atoms with van der Waals surface area (Å²) in [5.74, 6) is -1.45. The molecule has 0 bridgehead atoms. The summed E-state index contributed by atoms with van der Waals surface area (Å²) in [6.45, 7) is 5.80. The van der Waals surface area contributed by atoms with Crippen LogP contribution < -0.4 is 10.6 Å². The van der Waals surface area contributed by atoms with E-state index in [-0.39, 0.29) is 17.2 Å². The molecular formula is C24H24FN5O4S. The molecule has 0 spiro atoms. The standard InChI is InChI=1S/C24H24FN5O4S/c1-4-13-30-21(15(2)26-22(32)18-7-5-6-8-19(18)25)28-29-24(30)35-14-20(31)27-17-11-9-16(10-12-17)23(33)34-3/h4-12,15H,1,13-14H2,2-3H3,(H,26,32)(H,27,31)/t15-/m1/s1. The van der Waals surface area contributed by atoms with E-state index in [0.29, 0.717) is 28.8 Å². The number of aromatic nitrogens is 3. The van der Waals surface area contributed by atoms with Gasteiger partial charge in [0, 0.05) is 12.2 Å². The predicted octanol–water partition coefficient (Wildman–Crippen LogP) is 3.61. The van der Waals surface area contributed by atoms with Gasteiger partial charge in [0.1, 0.15) is 5.82 Å². The molecule has 0 unspecified atom stereocenters. The fourth-order valence-electron chi connectivity index (χ4n) is 3.15. The van der Waals surface area contributed by atoms with E-state index in [1.54, 1.807) is 47.9 Å². The Morgan fingerprint density at radius 3 is 2.54 bits per heavy atom. The van der Waals surface area contributed by atoms with Crippen LogP contribution in [0.15, 0.2) is 66.3 Å². The minimum atomic E-state index is -0.619. The normalized spacial score (nSPS) is 11.4. The van der Waals surface area contributed by atoms with Crippen LogP contribution >= 0.6 is 11.8 Å². The van der Waals surface area contributed by atoms with Gasteiger partial charge in [-0.25, -0.2) is 9.18 Å². The van der Waals surface area contributed by atoms with Gasteiger partial charge in [-0.3, -0.25) is 9.59 Å². The predicted molar refractivity (Wildman–Crippen MR) is 130 cm³/mol. The molecular weight excluding hydrogens is 473 g/mol. The van der Waals surface area contributed by atoms with Gasteiger partial charge in [-0.1, -0.05) is 30.0 Å². The van der Waals surface area contributed by atoms with Gasteiger partial charge in [0.05, 0.1) is 30.0 Å². The van der Waals surface area contributed by atoms with Crippen LogP contribution in [-0.2, 0) is 16.1 Å². The van der Waals surface area contributed by atoms with Crippen LogP contribution in [-0.4, -0.2) is 45.4 Å². The Hall–Kier alpha value is -3.99. The number of esters is 1. The number of methoxy groups -OCH3 is 1. The van der Waals surface area contributed by atoms with Crippen LogP contribution in [0.25, 0.3) is 0 Å². The Morgan fingerprint density at radius 1 is 1.17 bits per heavy atom. The summed E-state index contributed by atoms with van der Waals surface area (Å²) >= 11 is 1.16.